The Morgan fingerprint density at radius 3 is 2.95 bits per heavy atom. The minimum atomic E-state index is -1.36. The summed E-state index contributed by atoms with van der Waals surface area (Å²) in [7, 11) is 0. The average molecular weight is 316 g/mol. The average Bonchev–Trinajstić information content (AvgIpc) is 2.79. The molecular formula is C11H14ClN5O4. The van der Waals surface area contributed by atoms with Crippen LogP contribution in [0.1, 0.15) is 13.8 Å². The Morgan fingerprint density at radius 2 is 2.29 bits per heavy atom. The van der Waals surface area contributed by atoms with Gasteiger partial charge in [0.2, 0.25) is 11.1 Å². The summed E-state index contributed by atoms with van der Waals surface area (Å²) in [5.74, 6) is -0.467. The number of aromatic amines is 1. The molecule has 1 unspecified atom stereocenters. The molecule has 2 heterocycles. The number of nitrogen functional groups attached to an aromatic ring is 1. The summed E-state index contributed by atoms with van der Waals surface area (Å²) in [5.41, 5.74) is 5.33. The number of halogens is 1. The second kappa shape index (κ2) is 5.70. The highest BCUT2D eigenvalue weighted by Gasteiger charge is 2.27. The van der Waals surface area contributed by atoms with Gasteiger partial charge in [0.25, 0.3) is 5.56 Å². The Labute approximate surface area is 124 Å². The van der Waals surface area contributed by atoms with Crippen molar-refractivity contribution < 1.29 is 14.3 Å². The molecule has 0 aromatic carbocycles. The number of esters is 1. The molecule has 9 nitrogen and oxygen atoms in total. The molecule has 0 fully saturated rings. The summed E-state index contributed by atoms with van der Waals surface area (Å²) in [6.45, 7) is 2.96. The second-order valence-electron chi connectivity index (χ2n) is 4.30. The highest BCUT2D eigenvalue weighted by atomic mass is 35.5. The minimum Gasteiger partial charge on any atom is -0.463 e. The number of nitrogens with one attached hydrogen (secondary N) is 1. The number of alkyl halides is 1. The van der Waals surface area contributed by atoms with Crippen LogP contribution in [0.3, 0.4) is 0 Å². The van der Waals surface area contributed by atoms with Crippen LogP contribution in [0.2, 0.25) is 0 Å². The number of nitrogens with two attached hydrogens (primary N) is 1. The van der Waals surface area contributed by atoms with Gasteiger partial charge in [0.05, 0.1) is 6.61 Å². The maximum absolute atomic E-state index is 11.7. The molecule has 10 heteroatoms. The summed E-state index contributed by atoms with van der Waals surface area (Å²) in [5, 5.41) is -1.36. The van der Waals surface area contributed by atoms with Crippen LogP contribution in [0.5, 0.6) is 0 Å². The van der Waals surface area contributed by atoms with Crippen LogP contribution in [0, 0.1) is 0 Å². The van der Waals surface area contributed by atoms with Gasteiger partial charge in [-0.15, -0.1) is 0 Å². The molecule has 0 spiro atoms. The lowest BCUT2D eigenvalue weighted by atomic mass is 10.5. The van der Waals surface area contributed by atoms with Crippen molar-refractivity contribution in [1.29, 1.82) is 0 Å². The largest absolute Gasteiger partial charge is 0.463 e. The van der Waals surface area contributed by atoms with Crippen molar-refractivity contribution >= 4 is 34.7 Å². The smallest absolute Gasteiger partial charge is 0.302 e. The lowest BCUT2D eigenvalue weighted by molar-refractivity contribution is -0.144. The normalized spacial score (nSPS) is 14.0. The van der Waals surface area contributed by atoms with Gasteiger partial charge in [-0.25, -0.2) is 4.98 Å². The number of rotatable bonds is 5. The van der Waals surface area contributed by atoms with E-state index in [2.05, 4.69) is 15.0 Å². The summed E-state index contributed by atoms with van der Waals surface area (Å²) < 4.78 is 11.5. The van der Waals surface area contributed by atoms with E-state index in [1.165, 1.54) is 17.8 Å². The molecule has 1 atom stereocenters. The molecule has 3 N–H and O–H groups in total. The zero-order chi connectivity index (χ0) is 15.6. The highest BCUT2D eigenvalue weighted by Crippen LogP contribution is 2.26. The van der Waals surface area contributed by atoms with E-state index in [4.69, 9.17) is 26.8 Å². The fourth-order valence-corrected chi connectivity index (χ4v) is 1.90. The van der Waals surface area contributed by atoms with Gasteiger partial charge in [-0.05, 0) is 6.92 Å². The van der Waals surface area contributed by atoms with Gasteiger partial charge in [-0.1, -0.05) is 11.6 Å². The maximum Gasteiger partial charge on any atom is 0.302 e. The number of anilines is 1. The van der Waals surface area contributed by atoms with Gasteiger partial charge >= 0.3 is 5.97 Å². The van der Waals surface area contributed by atoms with Crippen LogP contribution in [0.15, 0.2) is 11.1 Å². The summed E-state index contributed by atoms with van der Waals surface area (Å²) in [6.07, 6.45) is 1.32. The number of hydrogen-bond donors (Lipinski definition) is 2. The van der Waals surface area contributed by atoms with E-state index in [-0.39, 0.29) is 30.3 Å². The van der Waals surface area contributed by atoms with Gasteiger partial charge in [-0.3, -0.25) is 19.1 Å². The molecule has 0 bridgehead atoms. The molecule has 2 aromatic heterocycles. The van der Waals surface area contributed by atoms with Gasteiger partial charge in [0.1, 0.15) is 12.9 Å². The monoisotopic (exact) mass is 315 g/mol. The summed E-state index contributed by atoms with van der Waals surface area (Å²) in [4.78, 5) is 32.6. The van der Waals surface area contributed by atoms with E-state index in [0.29, 0.717) is 0 Å². The lowest BCUT2D eigenvalue weighted by Crippen LogP contribution is -2.29. The lowest BCUT2D eigenvalue weighted by Gasteiger charge is -2.24. The molecule has 2 rings (SSSR count). The van der Waals surface area contributed by atoms with Crippen LogP contribution in [0.25, 0.3) is 11.2 Å². The third-order valence-corrected chi connectivity index (χ3v) is 2.90. The Kier molecular flexibility index (Phi) is 4.14. The molecule has 114 valence electrons. The fourth-order valence-electron chi connectivity index (χ4n) is 1.70. The van der Waals surface area contributed by atoms with Crippen LogP contribution in [-0.4, -0.2) is 38.7 Å². The van der Waals surface area contributed by atoms with Crippen LogP contribution in [-0.2, 0) is 19.5 Å². The molecule has 21 heavy (non-hydrogen) atoms. The number of H-pyrrole nitrogens is 1. The number of carbonyl (C=O) groups excluding carboxylic acids is 1. The topological polar surface area (TPSA) is 125 Å². The van der Waals surface area contributed by atoms with Crippen molar-refractivity contribution in [2.45, 2.75) is 19.0 Å². The minimum absolute atomic E-state index is 0.0540. The molecule has 0 saturated carbocycles. The molecule has 0 amide bonds. The summed E-state index contributed by atoms with van der Waals surface area (Å²) in [6, 6.07) is 0. The number of fused-ring (bicyclic) bond motifs is 1. The van der Waals surface area contributed by atoms with Crippen molar-refractivity contribution in [3.8, 4) is 0 Å². The summed E-state index contributed by atoms with van der Waals surface area (Å²) >= 11 is 6.27. The van der Waals surface area contributed by atoms with E-state index in [0.717, 1.165) is 0 Å². The number of ether oxygens (including phenoxy) is 2. The first kappa shape index (κ1) is 15.3. The van der Waals surface area contributed by atoms with Crippen molar-refractivity contribution in [2.75, 3.05) is 18.9 Å². The second-order valence-corrected chi connectivity index (χ2v) is 5.00. The van der Waals surface area contributed by atoms with Crippen LogP contribution >= 0.6 is 11.6 Å². The third kappa shape index (κ3) is 3.31. The molecule has 2 aromatic rings. The van der Waals surface area contributed by atoms with Crippen molar-refractivity contribution in [1.82, 2.24) is 19.5 Å². The maximum atomic E-state index is 11.7. The molecule has 0 aliphatic heterocycles. The van der Waals surface area contributed by atoms with Crippen LogP contribution < -0.4 is 11.3 Å². The van der Waals surface area contributed by atoms with E-state index >= 15 is 0 Å². The Bertz CT molecular complexity index is 723. The Balaban J connectivity index is 2.24. The fraction of sp³-hybridized carbons (Fsp3) is 0.455. The molecule has 0 saturated heterocycles. The van der Waals surface area contributed by atoms with Gasteiger partial charge in [0, 0.05) is 6.92 Å². The molecular weight excluding hydrogens is 302 g/mol. The van der Waals surface area contributed by atoms with E-state index in [1.807, 2.05) is 0 Å². The molecule has 0 aliphatic rings. The Morgan fingerprint density at radius 1 is 1.57 bits per heavy atom. The number of carbonyl (C=O) groups is 1. The van der Waals surface area contributed by atoms with E-state index in [9.17, 15) is 9.59 Å². The third-order valence-electron chi connectivity index (χ3n) is 2.61. The van der Waals surface area contributed by atoms with Crippen molar-refractivity contribution in [3.63, 3.8) is 0 Å². The van der Waals surface area contributed by atoms with Gasteiger partial charge in [-0.2, -0.15) is 4.98 Å². The number of nitrogens with zero attached hydrogens (tertiary/aromatic N) is 3. The predicted octanol–water partition coefficient (Wildman–Crippen LogP) is 0.151. The SMILES string of the molecule is CC(=O)OCCOC(C)(Cl)n1cnc2c(=O)[nH]c(N)nc21. The van der Waals surface area contributed by atoms with Gasteiger partial charge in [0.15, 0.2) is 11.2 Å². The zero-order valence-corrected chi connectivity index (χ0v) is 12.2. The first-order chi connectivity index (χ1) is 9.81. The predicted molar refractivity (Wildman–Crippen MR) is 74.6 cm³/mol. The van der Waals surface area contributed by atoms with Crippen LogP contribution in [0.4, 0.5) is 5.95 Å². The van der Waals surface area contributed by atoms with E-state index in [1.54, 1.807) is 6.92 Å². The number of imidazole rings is 1. The van der Waals surface area contributed by atoms with E-state index < -0.39 is 16.7 Å². The number of aromatic nitrogens is 4. The molecule has 0 radical (unpaired) electrons. The van der Waals surface area contributed by atoms with Crippen molar-refractivity contribution in [3.05, 3.63) is 16.7 Å². The number of hydrogen-bond acceptors (Lipinski definition) is 7. The zero-order valence-electron chi connectivity index (χ0n) is 11.4. The quantitative estimate of drug-likeness (QED) is 0.457. The van der Waals surface area contributed by atoms with Gasteiger partial charge < -0.3 is 15.2 Å². The Hall–Kier alpha value is -2.13. The molecule has 0 aliphatic carbocycles. The first-order valence-electron chi connectivity index (χ1n) is 6.01. The first-order valence-corrected chi connectivity index (χ1v) is 6.38. The van der Waals surface area contributed by atoms with Crippen molar-refractivity contribution in [2.24, 2.45) is 0 Å². The highest BCUT2D eigenvalue weighted by molar-refractivity contribution is 6.21. The standard InChI is InChI=1S/C11H14ClN5O4/c1-6(18)20-3-4-21-11(2,12)17-5-14-7-8(17)15-10(13)16-9(7)19/h5H,3-4H2,1-2H3,(H3,13,15,16,19).